The molecule has 0 aromatic heterocycles. The molecule has 0 heterocycles. The Morgan fingerprint density at radius 1 is 0.667 bits per heavy atom. The third-order valence-corrected chi connectivity index (χ3v) is 6.07. The Morgan fingerprint density at radius 2 is 1.10 bits per heavy atom. The zero-order chi connectivity index (χ0) is 22.5. The molecule has 0 fully saturated rings. The number of rotatable bonds is 22. The summed E-state index contributed by atoms with van der Waals surface area (Å²) in [7, 11) is 0. The Bertz CT molecular complexity index is 408. The van der Waals surface area contributed by atoms with Crippen molar-refractivity contribution in [2.45, 2.75) is 149 Å². The van der Waals surface area contributed by atoms with Gasteiger partial charge < -0.3 is 9.84 Å². The van der Waals surface area contributed by atoms with Crippen LogP contribution in [0.15, 0.2) is 0 Å². The molecule has 0 aromatic carbocycles. The summed E-state index contributed by atoms with van der Waals surface area (Å²) in [6.07, 6.45) is 20.9. The predicted molar refractivity (Wildman–Crippen MR) is 126 cm³/mol. The van der Waals surface area contributed by atoms with Gasteiger partial charge in [0.05, 0.1) is 12.8 Å². The van der Waals surface area contributed by atoms with Gasteiger partial charge in [0.2, 0.25) is 0 Å². The molecular formula is C26H50O4. The highest BCUT2D eigenvalue weighted by molar-refractivity contribution is 5.76. The fourth-order valence-corrected chi connectivity index (χ4v) is 3.99. The van der Waals surface area contributed by atoms with E-state index in [1.165, 1.54) is 89.9 Å². The summed E-state index contributed by atoms with van der Waals surface area (Å²) in [6, 6.07) is 0. The average Bonchev–Trinajstić information content (AvgIpc) is 2.72. The first-order valence-corrected chi connectivity index (χ1v) is 12.9. The molecule has 2 atom stereocenters. The first kappa shape index (κ1) is 28.9. The van der Waals surface area contributed by atoms with Gasteiger partial charge in [0.15, 0.2) is 0 Å². The molecule has 0 aliphatic rings. The third-order valence-electron chi connectivity index (χ3n) is 6.07. The molecule has 0 radical (unpaired) electrons. The first-order valence-electron chi connectivity index (χ1n) is 12.9. The number of unbranched alkanes of at least 4 members (excludes halogenated alkanes) is 13. The lowest BCUT2D eigenvalue weighted by molar-refractivity contribution is -0.154. The van der Waals surface area contributed by atoms with Crippen molar-refractivity contribution in [3.8, 4) is 0 Å². The number of hydrogen-bond acceptors (Lipinski definition) is 3. The summed E-state index contributed by atoms with van der Waals surface area (Å²) in [5.74, 6) is -0.949. The van der Waals surface area contributed by atoms with Crippen molar-refractivity contribution in [3.63, 3.8) is 0 Å². The lowest BCUT2D eigenvalue weighted by atomic mass is 9.92. The van der Waals surface area contributed by atoms with Crippen molar-refractivity contribution in [1.29, 1.82) is 0 Å². The van der Waals surface area contributed by atoms with Crippen LogP contribution in [0.4, 0.5) is 0 Å². The monoisotopic (exact) mass is 426 g/mol. The summed E-state index contributed by atoms with van der Waals surface area (Å²) in [4.78, 5) is 22.8. The topological polar surface area (TPSA) is 63.6 Å². The Hall–Kier alpha value is -1.06. The maximum atomic E-state index is 12.1. The second-order valence-corrected chi connectivity index (χ2v) is 9.07. The van der Waals surface area contributed by atoms with E-state index in [9.17, 15) is 9.59 Å². The summed E-state index contributed by atoms with van der Waals surface area (Å²) >= 11 is 0. The summed E-state index contributed by atoms with van der Waals surface area (Å²) in [5, 5.41) is 8.79. The molecule has 0 aromatic rings. The second-order valence-electron chi connectivity index (χ2n) is 9.07. The van der Waals surface area contributed by atoms with Gasteiger partial charge >= 0.3 is 11.9 Å². The molecule has 0 aliphatic carbocycles. The van der Waals surface area contributed by atoms with Crippen LogP contribution >= 0.6 is 0 Å². The third kappa shape index (κ3) is 18.9. The molecular weight excluding hydrogens is 376 g/mol. The molecule has 30 heavy (non-hydrogen) atoms. The van der Waals surface area contributed by atoms with Gasteiger partial charge in [-0.25, -0.2) is 0 Å². The van der Waals surface area contributed by atoms with Crippen LogP contribution in [0.1, 0.15) is 143 Å². The van der Waals surface area contributed by atoms with Crippen molar-refractivity contribution < 1.29 is 19.4 Å². The van der Waals surface area contributed by atoms with E-state index in [1.54, 1.807) is 0 Å². The van der Waals surface area contributed by atoms with Crippen LogP contribution in [0, 0.1) is 5.92 Å². The van der Waals surface area contributed by atoms with Gasteiger partial charge in [-0.15, -0.1) is 0 Å². The average molecular weight is 427 g/mol. The van der Waals surface area contributed by atoms with E-state index in [0.717, 1.165) is 19.3 Å². The molecule has 0 amide bonds. The standard InChI is InChI=1S/C26H50O4/c1-4-6-8-10-12-14-15-17-19-23(3)24(30-26(29)22-21-25(27)28)20-18-16-13-11-9-7-5-2/h23-24H,4-22H2,1-3H3,(H,27,28). The molecule has 178 valence electrons. The zero-order valence-electron chi connectivity index (χ0n) is 20.3. The van der Waals surface area contributed by atoms with Gasteiger partial charge in [-0.2, -0.15) is 0 Å². The Morgan fingerprint density at radius 3 is 1.57 bits per heavy atom. The molecule has 2 unspecified atom stereocenters. The fraction of sp³-hybridized carbons (Fsp3) is 0.923. The Kier molecular flexibility index (Phi) is 20.4. The van der Waals surface area contributed by atoms with Crippen molar-refractivity contribution in [1.82, 2.24) is 0 Å². The maximum Gasteiger partial charge on any atom is 0.306 e. The first-order chi connectivity index (χ1) is 14.5. The maximum absolute atomic E-state index is 12.1. The van der Waals surface area contributed by atoms with Crippen molar-refractivity contribution in [2.24, 2.45) is 5.92 Å². The van der Waals surface area contributed by atoms with Crippen LogP contribution in [0.5, 0.6) is 0 Å². The fourth-order valence-electron chi connectivity index (χ4n) is 3.99. The van der Waals surface area contributed by atoms with E-state index < -0.39 is 5.97 Å². The largest absolute Gasteiger partial charge is 0.481 e. The highest BCUT2D eigenvalue weighted by atomic mass is 16.5. The van der Waals surface area contributed by atoms with Gasteiger partial charge in [-0.1, -0.05) is 111 Å². The molecule has 0 saturated carbocycles. The lowest BCUT2D eigenvalue weighted by Gasteiger charge is -2.24. The molecule has 0 bridgehead atoms. The van der Waals surface area contributed by atoms with E-state index in [2.05, 4.69) is 20.8 Å². The number of carboxylic acid groups (broad SMARTS) is 1. The molecule has 1 N–H and O–H groups in total. The van der Waals surface area contributed by atoms with Crippen molar-refractivity contribution in [3.05, 3.63) is 0 Å². The van der Waals surface area contributed by atoms with Gasteiger partial charge in [0.1, 0.15) is 6.10 Å². The SMILES string of the molecule is CCCCCCCCCCC(C)C(CCCCCCCCC)OC(=O)CCC(=O)O. The van der Waals surface area contributed by atoms with Crippen LogP contribution in [-0.4, -0.2) is 23.1 Å². The van der Waals surface area contributed by atoms with E-state index >= 15 is 0 Å². The molecule has 0 spiro atoms. The summed E-state index contributed by atoms with van der Waals surface area (Å²) < 4.78 is 5.73. The van der Waals surface area contributed by atoms with Crippen LogP contribution < -0.4 is 0 Å². The van der Waals surface area contributed by atoms with Crippen LogP contribution in [0.2, 0.25) is 0 Å². The van der Waals surface area contributed by atoms with E-state index in [4.69, 9.17) is 9.84 Å². The van der Waals surface area contributed by atoms with Crippen LogP contribution in [0.3, 0.4) is 0 Å². The van der Waals surface area contributed by atoms with E-state index in [0.29, 0.717) is 5.92 Å². The smallest absolute Gasteiger partial charge is 0.306 e. The van der Waals surface area contributed by atoms with Gasteiger partial charge in [0, 0.05) is 0 Å². The molecule has 0 saturated heterocycles. The predicted octanol–water partition coefficient (Wildman–Crippen LogP) is 8.07. The number of ether oxygens (including phenoxy) is 1. The molecule has 4 heteroatoms. The van der Waals surface area contributed by atoms with Gasteiger partial charge in [0.25, 0.3) is 0 Å². The molecule has 4 nitrogen and oxygen atoms in total. The number of aliphatic carboxylic acids is 1. The summed E-state index contributed by atoms with van der Waals surface area (Å²) in [5.41, 5.74) is 0. The number of carboxylic acids is 1. The minimum atomic E-state index is -0.942. The number of carbonyl (C=O) groups is 2. The highest BCUT2D eigenvalue weighted by Crippen LogP contribution is 2.23. The zero-order valence-corrected chi connectivity index (χ0v) is 20.3. The van der Waals surface area contributed by atoms with Gasteiger partial charge in [-0.05, 0) is 25.2 Å². The van der Waals surface area contributed by atoms with E-state index in [1.807, 2.05) is 0 Å². The van der Waals surface area contributed by atoms with Crippen molar-refractivity contribution >= 4 is 11.9 Å². The normalized spacial score (nSPS) is 13.2. The minimum Gasteiger partial charge on any atom is -0.481 e. The Labute approximate surface area is 186 Å². The number of hydrogen-bond donors (Lipinski definition) is 1. The summed E-state index contributed by atoms with van der Waals surface area (Å²) in [6.45, 7) is 6.67. The minimum absolute atomic E-state index is 0.0205. The van der Waals surface area contributed by atoms with E-state index in [-0.39, 0.29) is 24.9 Å². The Balaban J connectivity index is 4.20. The number of esters is 1. The highest BCUT2D eigenvalue weighted by Gasteiger charge is 2.21. The quantitative estimate of drug-likeness (QED) is 0.140. The van der Waals surface area contributed by atoms with Crippen LogP contribution in [0.25, 0.3) is 0 Å². The second kappa shape index (κ2) is 21.2. The van der Waals surface area contributed by atoms with Crippen LogP contribution in [-0.2, 0) is 14.3 Å². The van der Waals surface area contributed by atoms with Gasteiger partial charge in [-0.3, -0.25) is 9.59 Å². The number of carbonyl (C=O) groups excluding carboxylic acids is 1. The lowest BCUT2D eigenvalue weighted by Crippen LogP contribution is -2.26. The van der Waals surface area contributed by atoms with Crippen molar-refractivity contribution in [2.75, 3.05) is 0 Å². The molecule has 0 aliphatic heterocycles. The molecule has 0 rings (SSSR count).